The molecule has 0 fully saturated rings. The fourth-order valence-electron chi connectivity index (χ4n) is 2.32. The molecule has 0 aliphatic heterocycles. The maximum atomic E-state index is 6.27. The Kier molecular flexibility index (Phi) is 3.24. The Morgan fingerprint density at radius 3 is 2.80 bits per heavy atom. The number of nitrogen functional groups attached to an aromatic ring is 1. The molecule has 0 bridgehead atoms. The first-order chi connectivity index (χ1) is 9.72. The maximum absolute atomic E-state index is 6.27. The van der Waals surface area contributed by atoms with Crippen molar-refractivity contribution < 1.29 is 4.42 Å². The lowest BCUT2D eigenvalue weighted by Gasteiger charge is -2.06. The van der Waals surface area contributed by atoms with Crippen LogP contribution in [0.4, 0.5) is 5.82 Å². The summed E-state index contributed by atoms with van der Waals surface area (Å²) < 4.78 is 5.48. The Morgan fingerprint density at radius 1 is 1.25 bits per heavy atom. The Bertz CT molecular complexity index is 745. The number of benzene rings is 1. The van der Waals surface area contributed by atoms with Crippen LogP contribution in [0.5, 0.6) is 0 Å². The van der Waals surface area contributed by atoms with Crippen molar-refractivity contribution in [3.8, 4) is 22.4 Å². The average molecular weight is 288 g/mol. The smallest absolute Gasteiger partial charge is 0.153 e. The number of aromatic amines is 1. The van der Waals surface area contributed by atoms with Crippen LogP contribution >= 0.6 is 11.6 Å². The van der Waals surface area contributed by atoms with Crippen LogP contribution in [0, 0.1) is 0 Å². The van der Waals surface area contributed by atoms with Crippen molar-refractivity contribution in [1.29, 1.82) is 0 Å². The molecule has 0 atom stereocenters. The molecule has 4 nitrogen and oxygen atoms in total. The van der Waals surface area contributed by atoms with E-state index in [1.54, 1.807) is 6.26 Å². The Labute approximate surface area is 121 Å². The van der Waals surface area contributed by atoms with E-state index in [-0.39, 0.29) is 0 Å². The predicted octanol–water partition coefficient (Wildman–Crippen LogP) is 4.13. The molecule has 20 heavy (non-hydrogen) atoms. The lowest BCUT2D eigenvalue weighted by molar-refractivity contribution is 0.517. The third-order valence-corrected chi connectivity index (χ3v) is 3.60. The van der Waals surface area contributed by atoms with Crippen LogP contribution in [0.2, 0.25) is 5.02 Å². The van der Waals surface area contributed by atoms with E-state index in [2.05, 4.69) is 10.2 Å². The SMILES string of the molecule is CCc1occc1-c1[nH]nc(N)c1-c1ccccc1Cl. The topological polar surface area (TPSA) is 67.8 Å². The monoisotopic (exact) mass is 287 g/mol. The number of aromatic nitrogens is 2. The molecule has 3 rings (SSSR count). The molecule has 0 amide bonds. The Balaban J connectivity index is 2.23. The van der Waals surface area contributed by atoms with E-state index >= 15 is 0 Å². The third kappa shape index (κ3) is 1.98. The maximum Gasteiger partial charge on any atom is 0.153 e. The summed E-state index contributed by atoms with van der Waals surface area (Å²) in [5, 5.41) is 7.74. The number of anilines is 1. The number of rotatable bonds is 3. The van der Waals surface area contributed by atoms with E-state index in [0.717, 1.165) is 34.6 Å². The number of aryl methyl sites for hydroxylation is 1. The van der Waals surface area contributed by atoms with Crippen LogP contribution in [0.1, 0.15) is 12.7 Å². The summed E-state index contributed by atoms with van der Waals surface area (Å²) in [7, 11) is 0. The molecule has 102 valence electrons. The van der Waals surface area contributed by atoms with E-state index in [0.29, 0.717) is 10.8 Å². The zero-order valence-electron chi connectivity index (χ0n) is 11.0. The number of nitrogens with one attached hydrogen (secondary N) is 1. The second kappa shape index (κ2) is 5.06. The second-order valence-electron chi connectivity index (χ2n) is 4.45. The fourth-order valence-corrected chi connectivity index (χ4v) is 2.55. The summed E-state index contributed by atoms with van der Waals surface area (Å²) in [6, 6.07) is 9.48. The highest BCUT2D eigenvalue weighted by atomic mass is 35.5. The molecule has 5 heteroatoms. The predicted molar refractivity (Wildman–Crippen MR) is 80.5 cm³/mol. The highest BCUT2D eigenvalue weighted by Gasteiger charge is 2.19. The summed E-state index contributed by atoms with van der Waals surface area (Å²) in [5.41, 5.74) is 9.48. The van der Waals surface area contributed by atoms with Crippen molar-refractivity contribution in [2.24, 2.45) is 0 Å². The number of H-pyrrole nitrogens is 1. The molecule has 2 heterocycles. The van der Waals surface area contributed by atoms with Crippen LogP contribution in [-0.4, -0.2) is 10.2 Å². The molecule has 0 unspecified atom stereocenters. The van der Waals surface area contributed by atoms with Gasteiger partial charge in [-0.05, 0) is 12.1 Å². The molecule has 0 aliphatic carbocycles. The number of hydrogen-bond donors (Lipinski definition) is 2. The summed E-state index contributed by atoms with van der Waals surface area (Å²) in [6.07, 6.45) is 2.46. The quantitative estimate of drug-likeness (QED) is 0.761. The number of nitrogens with zero attached hydrogens (tertiary/aromatic N) is 1. The lowest BCUT2D eigenvalue weighted by Crippen LogP contribution is -1.90. The van der Waals surface area contributed by atoms with Gasteiger partial charge in [0.15, 0.2) is 5.82 Å². The van der Waals surface area contributed by atoms with Crippen LogP contribution in [0.15, 0.2) is 41.0 Å². The number of halogens is 1. The van der Waals surface area contributed by atoms with Crippen LogP contribution in [-0.2, 0) is 6.42 Å². The van der Waals surface area contributed by atoms with Gasteiger partial charge >= 0.3 is 0 Å². The first-order valence-electron chi connectivity index (χ1n) is 6.37. The third-order valence-electron chi connectivity index (χ3n) is 3.27. The number of furan rings is 1. The lowest BCUT2D eigenvalue weighted by atomic mass is 10.0. The molecular formula is C15H14ClN3O. The van der Waals surface area contributed by atoms with Crippen molar-refractivity contribution in [3.05, 3.63) is 47.4 Å². The van der Waals surface area contributed by atoms with Gasteiger partial charge in [-0.25, -0.2) is 0 Å². The molecule has 1 aromatic carbocycles. The second-order valence-corrected chi connectivity index (χ2v) is 4.86. The molecule has 0 aliphatic rings. The van der Waals surface area contributed by atoms with Crippen molar-refractivity contribution in [2.75, 3.05) is 5.73 Å². The molecule has 0 radical (unpaired) electrons. The van der Waals surface area contributed by atoms with Crippen molar-refractivity contribution in [1.82, 2.24) is 10.2 Å². The van der Waals surface area contributed by atoms with Gasteiger partial charge in [0.05, 0.1) is 17.5 Å². The highest BCUT2D eigenvalue weighted by Crippen LogP contribution is 2.39. The van der Waals surface area contributed by atoms with Crippen molar-refractivity contribution in [2.45, 2.75) is 13.3 Å². The van der Waals surface area contributed by atoms with Crippen LogP contribution in [0.3, 0.4) is 0 Å². The van der Waals surface area contributed by atoms with Crippen LogP contribution in [0.25, 0.3) is 22.4 Å². The molecule has 3 aromatic rings. The molecule has 0 spiro atoms. The molecule has 0 saturated heterocycles. The first kappa shape index (κ1) is 12.8. The minimum atomic E-state index is 0.427. The van der Waals surface area contributed by atoms with Crippen LogP contribution < -0.4 is 5.73 Å². The minimum absolute atomic E-state index is 0.427. The summed E-state index contributed by atoms with van der Waals surface area (Å²) >= 11 is 6.27. The zero-order valence-corrected chi connectivity index (χ0v) is 11.7. The highest BCUT2D eigenvalue weighted by molar-refractivity contribution is 6.33. The van der Waals surface area contributed by atoms with E-state index in [4.69, 9.17) is 21.8 Å². The van der Waals surface area contributed by atoms with E-state index < -0.39 is 0 Å². The van der Waals surface area contributed by atoms with Gasteiger partial charge in [0.2, 0.25) is 0 Å². The minimum Gasteiger partial charge on any atom is -0.469 e. The van der Waals surface area contributed by atoms with Gasteiger partial charge in [0, 0.05) is 22.6 Å². The van der Waals surface area contributed by atoms with Gasteiger partial charge in [-0.15, -0.1) is 0 Å². The van der Waals surface area contributed by atoms with Gasteiger partial charge in [0.1, 0.15) is 5.76 Å². The van der Waals surface area contributed by atoms with E-state index in [1.165, 1.54) is 0 Å². The van der Waals surface area contributed by atoms with Gasteiger partial charge in [0.25, 0.3) is 0 Å². The zero-order chi connectivity index (χ0) is 14.1. The van der Waals surface area contributed by atoms with Gasteiger partial charge < -0.3 is 10.2 Å². The molecule has 3 N–H and O–H groups in total. The normalized spacial score (nSPS) is 10.9. The standard InChI is InChI=1S/C15H14ClN3O/c1-2-12-10(7-8-20-12)14-13(15(17)19-18-14)9-5-3-4-6-11(9)16/h3-8H,2H2,1H3,(H3,17,18,19). The average Bonchev–Trinajstić information content (AvgIpc) is 3.05. The Hall–Kier alpha value is -2.20. The first-order valence-corrected chi connectivity index (χ1v) is 6.75. The van der Waals surface area contributed by atoms with Crippen molar-refractivity contribution >= 4 is 17.4 Å². The molecule has 0 saturated carbocycles. The van der Waals surface area contributed by atoms with Gasteiger partial charge in [-0.3, -0.25) is 5.10 Å². The fraction of sp³-hybridized carbons (Fsp3) is 0.133. The number of nitrogens with two attached hydrogens (primary N) is 1. The van der Waals surface area contributed by atoms with Gasteiger partial charge in [-0.1, -0.05) is 36.7 Å². The Morgan fingerprint density at radius 2 is 2.05 bits per heavy atom. The largest absolute Gasteiger partial charge is 0.469 e. The molecule has 2 aromatic heterocycles. The van der Waals surface area contributed by atoms with E-state index in [9.17, 15) is 0 Å². The summed E-state index contributed by atoms with van der Waals surface area (Å²) in [4.78, 5) is 0. The van der Waals surface area contributed by atoms with Gasteiger partial charge in [-0.2, -0.15) is 5.10 Å². The van der Waals surface area contributed by atoms with Crippen molar-refractivity contribution in [3.63, 3.8) is 0 Å². The number of hydrogen-bond acceptors (Lipinski definition) is 3. The summed E-state index contributed by atoms with van der Waals surface area (Å²) in [6.45, 7) is 2.04. The molecular weight excluding hydrogens is 274 g/mol. The summed E-state index contributed by atoms with van der Waals surface area (Å²) in [5.74, 6) is 1.32. The van der Waals surface area contributed by atoms with E-state index in [1.807, 2.05) is 37.3 Å².